The minimum absolute atomic E-state index is 0.201. The Morgan fingerprint density at radius 3 is 1.15 bits per heavy atom. The Balaban J connectivity index is 5.58. The van der Waals surface area contributed by atoms with Crippen LogP contribution in [0.5, 0.6) is 0 Å². The second-order valence-electron chi connectivity index (χ2n) is 13.4. The number of alkyl carbamates (subject to hydrolysis) is 2. The van der Waals surface area contributed by atoms with Gasteiger partial charge < -0.3 is 40.2 Å². The number of carbonyl (C=O) groups excluding carboxylic acids is 6. The fourth-order valence-corrected chi connectivity index (χ4v) is 6.17. The first-order chi connectivity index (χ1) is 22.2. The van der Waals surface area contributed by atoms with Gasteiger partial charge in [-0.2, -0.15) is 0 Å². The number of amides is 4. The molecule has 0 saturated heterocycles. The first kappa shape index (κ1) is 45.1. The minimum Gasteiger partial charge on any atom is -0.467 e. The van der Waals surface area contributed by atoms with Crippen molar-refractivity contribution in [1.82, 2.24) is 21.3 Å². The molecule has 16 heteroatoms. The van der Waals surface area contributed by atoms with Crippen molar-refractivity contribution < 1.29 is 47.7 Å². The summed E-state index contributed by atoms with van der Waals surface area (Å²) in [6.07, 6.45) is 0.0742. The zero-order valence-electron chi connectivity index (χ0n) is 30.6. The van der Waals surface area contributed by atoms with E-state index < -0.39 is 71.3 Å². The van der Waals surface area contributed by atoms with Crippen LogP contribution in [0, 0.1) is 11.8 Å². The van der Waals surface area contributed by atoms with E-state index in [2.05, 4.69) is 21.3 Å². The molecule has 0 fully saturated rings. The quantitative estimate of drug-likeness (QED) is 0.0640. The molecule has 0 aliphatic rings. The molecule has 0 aromatic rings. The molecule has 0 spiro atoms. The van der Waals surface area contributed by atoms with Crippen LogP contribution in [0.15, 0.2) is 0 Å². The van der Waals surface area contributed by atoms with Gasteiger partial charge in [0.1, 0.15) is 35.4 Å². The molecular weight excluding hydrogens is 665 g/mol. The van der Waals surface area contributed by atoms with Gasteiger partial charge in [-0.05, 0) is 66.2 Å². The van der Waals surface area contributed by atoms with Gasteiger partial charge in [0, 0.05) is 11.5 Å². The van der Waals surface area contributed by atoms with Gasteiger partial charge in [0.25, 0.3) is 0 Å². The van der Waals surface area contributed by atoms with E-state index >= 15 is 0 Å². The lowest BCUT2D eigenvalue weighted by molar-refractivity contribution is -0.147. The normalized spacial score (nSPS) is 15.3. The average molecular weight is 723 g/mol. The highest BCUT2D eigenvalue weighted by atomic mass is 33.1. The Labute approximate surface area is 293 Å². The van der Waals surface area contributed by atoms with Crippen molar-refractivity contribution in [2.45, 2.75) is 130 Å². The fraction of sp³-hybridized carbons (Fsp3) is 0.812. The highest BCUT2D eigenvalue weighted by Crippen LogP contribution is 2.25. The maximum Gasteiger partial charge on any atom is 0.408 e. The van der Waals surface area contributed by atoms with Crippen molar-refractivity contribution >= 4 is 57.5 Å². The number of carbonyl (C=O) groups is 6. The molecule has 0 aliphatic heterocycles. The summed E-state index contributed by atoms with van der Waals surface area (Å²) in [6, 6.07) is -3.80. The number of methoxy groups -OCH3 is 2. The predicted octanol–water partition coefficient (Wildman–Crippen LogP) is 4.34. The second kappa shape index (κ2) is 22.0. The van der Waals surface area contributed by atoms with Crippen molar-refractivity contribution in [3.8, 4) is 0 Å². The van der Waals surface area contributed by atoms with Crippen molar-refractivity contribution in [3.63, 3.8) is 0 Å². The maximum atomic E-state index is 13.3. The van der Waals surface area contributed by atoms with Gasteiger partial charge in [0.2, 0.25) is 11.8 Å². The summed E-state index contributed by atoms with van der Waals surface area (Å²) in [7, 11) is 5.28. The van der Waals surface area contributed by atoms with E-state index in [-0.39, 0.29) is 24.7 Å². The summed E-state index contributed by atoms with van der Waals surface area (Å²) in [6.45, 7) is 17.6. The van der Waals surface area contributed by atoms with Crippen LogP contribution in [0.1, 0.15) is 94.9 Å². The Morgan fingerprint density at radius 2 is 0.896 bits per heavy atom. The van der Waals surface area contributed by atoms with Crippen LogP contribution in [0.4, 0.5) is 9.59 Å². The molecule has 4 amide bonds. The third-order valence-electron chi connectivity index (χ3n) is 7.01. The zero-order valence-corrected chi connectivity index (χ0v) is 32.2. The summed E-state index contributed by atoms with van der Waals surface area (Å²) < 4.78 is 20.4. The maximum absolute atomic E-state index is 13.3. The summed E-state index contributed by atoms with van der Waals surface area (Å²) in [5.41, 5.74) is -1.58. The Morgan fingerprint density at radius 1 is 0.583 bits per heavy atom. The highest BCUT2D eigenvalue weighted by molar-refractivity contribution is 8.76. The molecule has 4 N–H and O–H groups in total. The van der Waals surface area contributed by atoms with Crippen LogP contribution < -0.4 is 21.3 Å². The highest BCUT2D eigenvalue weighted by Gasteiger charge is 2.33. The van der Waals surface area contributed by atoms with Gasteiger partial charge in [0.15, 0.2) is 0 Å². The molecule has 0 radical (unpaired) electrons. The molecule has 0 bridgehead atoms. The topological polar surface area (TPSA) is 187 Å². The smallest absolute Gasteiger partial charge is 0.408 e. The molecule has 0 saturated carbocycles. The molecule has 0 rings (SSSR count). The SMILES string of the molecule is CC[C@H](C)[C@H](NC(=O)[C@H](CCSSCC[C@H](NC(=O)OC(C)(C)C)C(=O)N[C@H](C(=O)OC)[C@@H](C)CC)NC(=O)OC(C)(C)C)C(=O)OC. The Hall–Kier alpha value is -2.88. The molecule has 0 aromatic carbocycles. The van der Waals surface area contributed by atoms with E-state index in [0.717, 1.165) is 0 Å². The molecule has 0 aliphatic carbocycles. The number of ether oxygens (including phenoxy) is 4. The van der Waals surface area contributed by atoms with Gasteiger partial charge in [-0.25, -0.2) is 19.2 Å². The summed E-state index contributed by atoms with van der Waals surface area (Å²) in [5, 5.41) is 10.6. The second-order valence-corrected chi connectivity index (χ2v) is 16.1. The van der Waals surface area contributed by atoms with Gasteiger partial charge >= 0.3 is 24.1 Å². The third kappa shape index (κ3) is 18.6. The number of hydrogen-bond acceptors (Lipinski definition) is 12. The molecule has 278 valence electrons. The standard InChI is InChI=1S/C32H58N4O10S2/c1-13-19(3)23(27(39)43-11)35-25(37)21(33-29(41)45-31(5,6)7)15-17-47-48-18-16-22(34-30(42)46-32(8,9)10)26(38)36-24(20(4)14-2)28(40)44-12/h19-24H,13-18H2,1-12H3,(H,33,41)(H,34,42)(H,35,37)(H,36,38)/t19-,20-,21-,22-,23-,24-/m0/s1. The van der Waals surface area contributed by atoms with E-state index in [0.29, 0.717) is 24.3 Å². The zero-order chi connectivity index (χ0) is 37.2. The van der Waals surface area contributed by atoms with Crippen molar-refractivity contribution in [3.05, 3.63) is 0 Å². The van der Waals surface area contributed by atoms with E-state index in [9.17, 15) is 28.8 Å². The van der Waals surface area contributed by atoms with Gasteiger partial charge in [-0.1, -0.05) is 62.1 Å². The minimum atomic E-state index is -1.01. The molecule has 48 heavy (non-hydrogen) atoms. The first-order valence-corrected chi connectivity index (χ1v) is 18.7. The van der Waals surface area contributed by atoms with Gasteiger partial charge in [0.05, 0.1) is 14.2 Å². The van der Waals surface area contributed by atoms with Crippen LogP contribution in [-0.2, 0) is 38.1 Å². The first-order valence-electron chi connectivity index (χ1n) is 16.2. The van der Waals surface area contributed by atoms with Crippen LogP contribution in [0.2, 0.25) is 0 Å². The summed E-state index contributed by atoms with van der Waals surface area (Å²) in [5.74, 6) is -1.89. The van der Waals surface area contributed by atoms with Crippen molar-refractivity contribution in [1.29, 1.82) is 0 Å². The Bertz CT molecular complexity index is 982. The summed E-state index contributed by atoms with van der Waals surface area (Å²) >= 11 is 0. The van der Waals surface area contributed by atoms with Crippen LogP contribution in [-0.4, -0.2) is 97.0 Å². The molecule has 0 heterocycles. The lowest BCUT2D eigenvalue weighted by Crippen LogP contribution is -2.54. The van der Waals surface area contributed by atoms with E-state index in [1.165, 1.54) is 35.8 Å². The monoisotopic (exact) mass is 722 g/mol. The molecule has 0 unspecified atom stereocenters. The average Bonchev–Trinajstić information content (AvgIpc) is 2.99. The van der Waals surface area contributed by atoms with E-state index in [4.69, 9.17) is 18.9 Å². The number of nitrogens with one attached hydrogen (secondary N) is 4. The largest absolute Gasteiger partial charge is 0.467 e. The third-order valence-corrected chi connectivity index (χ3v) is 9.48. The predicted molar refractivity (Wildman–Crippen MR) is 187 cm³/mol. The number of hydrogen-bond donors (Lipinski definition) is 4. The fourth-order valence-electron chi connectivity index (χ4n) is 3.99. The van der Waals surface area contributed by atoms with E-state index in [1.807, 2.05) is 27.7 Å². The van der Waals surface area contributed by atoms with Crippen LogP contribution in [0.25, 0.3) is 0 Å². The van der Waals surface area contributed by atoms with Crippen molar-refractivity contribution in [2.24, 2.45) is 11.8 Å². The lowest BCUT2D eigenvalue weighted by atomic mass is 9.98. The number of esters is 2. The Kier molecular flexibility index (Phi) is 20.6. The molecule has 0 aromatic heterocycles. The van der Waals surface area contributed by atoms with Gasteiger partial charge in [-0.3, -0.25) is 9.59 Å². The molecule has 6 atom stereocenters. The molecule has 14 nitrogen and oxygen atoms in total. The van der Waals surface area contributed by atoms with Gasteiger partial charge in [-0.15, -0.1) is 0 Å². The lowest BCUT2D eigenvalue weighted by Gasteiger charge is -2.27. The van der Waals surface area contributed by atoms with Crippen LogP contribution in [0.3, 0.4) is 0 Å². The van der Waals surface area contributed by atoms with Crippen LogP contribution >= 0.6 is 21.6 Å². The summed E-state index contributed by atoms with van der Waals surface area (Å²) in [4.78, 5) is 76.4. The van der Waals surface area contributed by atoms with E-state index in [1.54, 1.807) is 41.5 Å². The van der Waals surface area contributed by atoms with Crippen molar-refractivity contribution in [2.75, 3.05) is 25.7 Å². The molecular formula is C32H58N4O10S2. The number of rotatable bonds is 19.